The molecule has 1 heterocycles. The minimum Gasteiger partial charge on any atom is -0.507 e. The predicted octanol–water partition coefficient (Wildman–Crippen LogP) is 4.25. The highest BCUT2D eigenvalue weighted by Gasteiger charge is 2.46. The number of Topliss-reactive ketones (excluding diaryl/α,β-unsaturated/α-hetero) is 1. The quantitative estimate of drug-likeness (QED) is 0.283. The molecule has 0 radical (unpaired) electrons. The standard InChI is InChI=1S/C28H36N2O6/c1-7-35-22-14-11-20(17-23(22)34-6)25-24(27(32)28(33)30(25)16-8-15-29(4)5)26(31)19-9-12-21(13-10-19)36-18(2)3/h9-14,17-18,25,31H,7-8,15-16H2,1-6H3/t25-/m1/s1. The summed E-state index contributed by atoms with van der Waals surface area (Å²) in [5.74, 6) is 0.138. The zero-order valence-corrected chi connectivity index (χ0v) is 21.9. The van der Waals surface area contributed by atoms with Gasteiger partial charge >= 0.3 is 0 Å². The first-order valence-electron chi connectivity index (χ1n) is 12.2. The molecule has 1 fully saturated rings. The number of benzene rings is 2. The lowest BCUT2D eigenvalue weighted by atomic mass is 9.95. The predicted molar refractivity (Wildman–Crippen MR) is 139 cm³/mol. The molecule has 1 saturated heterocycles. The van der Waals surface area contributed by atoms with Gasteiger partial charge in [0.05, 0.1) is 31.4 Å². The van der Waals surface area contributed by atoms with Gasteiger partial charge in [0.15, 0.2) is 11.5 Å². The second kappa shape index (κ2) is 11.9. The molecule has 0 aliphatic carbocycles. The number of hydrogen-bond donors (Lipinski definition) is 1. The van der Waals surface area contributed by atoms with E-state index in [-0.39, 0.29) is 17.4 Å². The third-order valence-electron chi connectivity index (χ3n) is 5.85. The Morgan fingerprint density at radius 2 is 1.78 bits per heavy atom. The number of hydrogen-bond acceptors (Lipinski definition) is 7. The number of rotatable bonds is 11. The van der Waals surface area contributed by atoms with Gasteiger partial charge in [-0.25, -0.2) is 0 Å². The van der Waals surface area contributed by atoms with Crippen molar-refractivity contribution in [3.63, 3.8) is 0 Å². The lowest BCUT2D eigenvalue weighted by Gasteiger charge is -2.26. The van der Waals surface area contributed by atoms with E-state index in [0.717, 1.165) is 6.54 Å². The van der Waals surface area contributed by atoms with E-state index in [1.165, 1.54) is 12.0 Å². The van der Waals surface area contributed by atoms with Crippen LogP contribution in [-0.2, 0) is 9.59 Å². The Kier molecular flexibility index (Phi) is 8.98. The molecule has 8 heteroatoms. The van der Waals surface area contributed by atoms with E-state index >= 15 is 0 Å². The fourth-order valence-corrected chi connectivity index (χ4v) is 4.26. The van der Waals surface area contributed by atoms with E-state index in [1.54, 1.807) is 42.5 Å². The van der Waals surface area contributed by atoms with Gasteiger partial charge in [-0.1, -0.05) is 6.07 Å². The average molecular weight is 497 g/mol. The zero-order valence-electron chi connectivity index (χ0n) is 21.9. The summed E-state index contributed by atoms with van der Waals surface area (Å²) in [5.41, 5.74) is 1.13. The van der Waals surface area contributed by atoms with Crippen LogP contribution in [0.15, 0.2) is 48.0 Å². The zero-order chi connectivity index (χ0) is 26.4. The first-order chi connectivity index (χ1) is 17.2. The maximum Gasteiger partial charge on any atom is 0.295 e. The van der Waals surface area contributed by atoms with Crippen LogP contribution < -0.4 is 14.2 Å². The molecule has 0 aromatic heterocycles. The van der Waals surface area contributed by atoms with Crippen molar-refractivity contribution in [2.45, 2.75) is 39.3 Å². The van der Waals surface area contributed by atoms with Gasteiger partial charge in [0.1, 0.15) is 11.5 Å². The summed E-state index contributed by atoms with van der Waals surface area (Å²) in [6.07, 6.45) is 0.679. The summed E-state index contributed by atoms with van der Waals surface area (Å²) in [7, 11) is 5.45. The summed E-state index contributed by atoms with van der Waals surface area (Å²) in [6.45, 7) is 7.31. The van der Waals surface area contributed by atoms with Crippen LogP contribution in [0.4, 0.5) is 0 Å². The Hall–Kier alpha value is -3.52. The first kappa shape index (κ1) is 27.1. The van der Waals surface area contributed by atoms with Crippen LogP contribution in [0.5, 0.6) is 17.2 Å². The van der Waals surface area contributed by atoms with Crippen molar-refractivity contribution in [2.75, 3.05) is 40.9 Å². The highest BCUT2D eigenvalue weighted by Crippen LogP contribution is 2.42. The molecule has 1 aliphatic heterocycles. The molecule has 2 aromatic carbocycles. The molecule has 8 nitrogen and oxygen atoms in total. The number of aliphatic hydroxyl groups excluding tert-OH is 1. The van der Waals surface area contributed by atoms with E-state index in [4.69, 9.17) is 14.2 Å². The van der Waals surface area contributed by atoms with E-state index in [1.807, 2.05) is 39.8 Å². The number of carbonyl (C=O) groups excluding carboxylic acids is 2. The van der Waals surface area contributed by atoms with Gasteiger partial charge in [-0.15, -0.1) is 0 Å². The molecular weight excluding hydrogens is 460 g/mol. The fourth-order valence-electron chi connectivity index (χ4n) is 4.26. The summed E-state index contributed by atoms with van der Waals surface area (Å²) >= 11 is 0. The second-order valence-electron chi connectivity index (χ2n) is 9.18. The van der Waals surface area contributed by atoms with Gasteiger partial charge in [0, 0.05) is 12.1 Å². The summed E-state index contributed by atoms with van der Waals surface area (Å²) in [4.78, 5) is 29.9. The van der Waals surface area contributed by atoms with Crippen LogP contribution in [0, 0.1) is 0 Å². The lowest BCUT2D eigenvalue weighted by molar-refractivity contribution is -0.139. The summed E-state index contributed by atoms with van der Waals surface area (Å²) in [6, 6.07) is 11.4. The first-order valence-corrected chi connectivity index (χ1v) is 12.2. The number of methoxy groups -OCH3 is 1. The van der Waals surface area contributed by atoms with E-state index in [9.17, 15) is 14.7 Å². The molecule has 194 valence electrons. The van der Waals surface area contributed by atoms with Crippen molar-refractivity contribution in [1.29, 1.82) is 0 Å². The maximum atomic E-state index is 13.2. The maximum absolute atomic E-state index is 13.2. The number of nitrogens with zero attached hydrogens (tertiary/aromatic N) is 2. The summed E-state index contributed by atoms with van der Waals surface area (Å²) in [5, 5.41) is 11.3. The van der Waals surface area contributed by atoms with Crippen molar-refractivity contribution in [2.24, 2.45) is 0 Å². The third-order valence-corrected chi connectivity index (χ3v) is 5.85. The highest BCUT2D eigenvalue weighted by atomic mass is 16.5. The van der Waals surface area contributed by atoms with Crippen LogP contribution >= 0.6 is 0 Å². The molecule has 2 aromatic rings. The van der Waals surface area contributed by atoms with Crippen LogP contribution in [0.1, 0.15) is 44.4 Å². The van der Waals surface area contributed by atoms with Gasteiger partial charge in [-0.05, 0) is 89.8 Å². The topological polar surface area (TPSA) is 88.5 Å². The Morgan fingerprint density at radius 3 is 2.36 bits per heavy atom. The number of amides is 1. The minimum atomic E-state index is -0.761. The molecule has 0 bridgehead atoms. The largest absolute Gasteiger partial charge is 0.507 e. The molecule has 1 N–H and O–H groups in total. The van der Waals surface area contributed by atoms with Gasteiger partial charge in [-0.2, -0.15) is 0 Å². The van der Waals surface area contributed by atoms with Crippen LogP contribution in [0.25, 0.3) is 5.76 Å². The van der Waals surface area contributed by atoms with Crippen molar-refractivity contribution in [3.05, 3.63) is 59.2 Å². The fraction of sp³-hybridized carbons (Fsp3) is 0.429. The van der Waals surface area contributed by atoms with Crippen molar-refractivity contribution >= 4 is 17.4 Å². The summed E-state index contributed by atoms with van der Waals surface area (Å²) < 4.78 is 16.8. The van der Waals surface area contributed by atoms with Crippen LogP contribution in [-0.4, -0.2) is 73.6 Å². The third kappa shape index (κ3) is 5.99. The normalized spacial score (nSPS) is 17.2. The van der Waals surface area contributed by atoms with Crippen molar-refractivity contribution < 1.29 is 28.9 Å². The van der Waals surface area contributed by atoms with Gasteiger partial charge < -0.3 is 29.1 Å². The lowest BCUT2D eigenvalue weighted by Crippen LogP contribution is -2.32. The molecule has 0 unspecified atom stereocenters. The SMILES string of the molecule is CCOc1ccc([C@@H]2C(=C(O)c3ccc(OC(C)C)cc3)C(=O)C(=O)N2CCCN(C)C)cc1OC. The Bertz CT molecular complexity index is 1110. The Labute approximate surface area is 213 Å². The molecule has 0 saturated carbocycles. The molecule has 1 aliphatic rings. The molecule has 36 heavy (non-hydrogen) atoms. The van der Waals surface area contributed by atoms with E-state index in [0.29, 0.717) is 47.9 Å². The van der Waals surface area contributed by atoms with Crippen LogP contribution in [0.2, 0.25) is 0 Å². The molecule has 1 atom stereocenters. The van der Waals surface area contributed by atoms with Crippen LogP contribution in [0.3, 0.4) is 0 Å². The van der Waals surface area contributed by atoms with E-state index < -0.39 is 17.7 Å². The average Bonchev–Trinajstić information content (AvgIpc) is 3.09. The molecule has 1 amide bonds. The Balaban J connectivity index is 2.09. The number of carbonyl (C=O) groups is 2. The van der Waals surface area contributed by atoms with Crippen molar-refractivity contribution in [1.82, 2.24) is 9.80 Å². The van der Waals surface area contributed by atoms with Gasteiger partial charge in [0.2, 0.25) is 0 Å². The second-order valence-corrected chi connectivity index (χ2v) is 9.18. The number of ketones is 1. The Morgan fingerprint density at radius 1 is 1.08 bits per heavy atom. The van der Waals surface area contributed by atoms with Crippen molar-refractivity contribution in [3.8, 4) is 17.2 Å². The highest BCUT2D eigenvalue weighted by molar-refractivity contribution is 6.46. The van der Waals surface area contributed by atoms with E-state index in [2.05, 4.69) is 0 Å². The van der Waals surface area contributed by atoms with Gasteiger partial charge in [0.25, 0.3) is 11.7 Å². The monoisotopic (exact) mass is 496 g/mol. The molecule has 0 spiro atoms. The number of likely N-dealkylation sites (tertiary alicyclic amines) is 1. The number of aliphatic hydroxyl groups is 1. The van der Waals surface area contributed by atoms with Gasteiger partial charge in [-0.3, -0.25) is 9.59 Å². The smallest absolute Gasteiger partial charge is 0.295 e. The number of ether oxygens (including phenoxy) is 3. The molecule has 3 rings (SSSR count). The molecular formula is C28H36N2O6. The minimum absolute atomic E-state index is 0.00609.